The Morgan fingerprint density at radius 2 is 1.83 bits per heavy atom. The first-order valence-corrected chi connectivity index (χ1v) is 7.59. The monoisotopic (exact) mass is 246 g/mol. The maximum absolute atomic E-state index is 2.54. The zero-order valence-electron chi connectivity index (χ0n) is 13.1. The van der Waals surface area contributed by atoms with Gasteiger partial charge in [-0.3, -0.25) is 0 Å². The molecule has 0 nitrogen and oxygen atoms in total. The van der Waals surface area contributed by atoms with Crippen LogP contribution in [0.1, 0.15) is 60.8 Å². The van der Waals surface area contributed by atoms with Crippen molar-refractivity contribution in [3.8, 4) is 0 Å². The second-order valence-corrected chi connectivity index (χ2v) is 8.03. The number of hydrogen-bond donors (Lipinski definition) is 0. The van der Waals surface area contributed by atoms with Crippen LogP contribution in [0.3, 0.4) is 0 Å². The van der Waals surface area contributed by atoms with Crippen LogP contribution >= 0.6 is 0 Å². The number of rotatable bonds is 1. The third kappa shape index (κ3) is 2.58. The number of allylic oxidation sites excluding steroid dienone is 4. The molecule has 0 N–H and O–H groups in total. The van der Waals surface area contributed by atoms with Gasteiger partial charge in [-0.2, -0.15) is 0 Å². The molecule has 0 spiro atoms. The van der Waals surface area contributed by atoms with Gasteiger partial charge in [-0.05, 0) is 54.8 Å². The van der Waals surface area contributed by atoms with Gasteiger partial charge in [0.15, 0.2) is 0 Å². The lowest BCUT2D eigenvalue weighted by Crippen LogP contribution is -2.39. The van der Waals surface area contributed by atoms with Gasteiger partial charge < -0.3 is 0 Å². The van der Waals surface area contributed by atoms with E-state index in [4.69, 9.17) is 0 Å². The van der Waals surface area contributed by atoms with E-state index in [-0.39, 0.29) is 0 Å². The van der Waals surface area contributed by atoms with Crippen LogP contribution in [0.5, 0.6) is 0 Å². The third-order valence-electron chi connectivity index (χ3n) is 5.29. The van der Waals surface area contributed by atoms with Crippen LogP contribution in [0.25, 0.3) is 0 Å². The minimum Gasteiger partial charge on any atom is -0.0877 e. The summed E-state index contributed by atoms with van der Waals surface area (Å²) in [5, 5.41) is 0. The van der Waals surface area contributed by atoms with Crippen molar-refractivity contribution in [3.63, 3.8) is 0 Å². The van der Waals surface area contributed by atoms with Crippen molar-refractivity contribution in [2.24, 2.45) is 28.6 Å². The topological polar surface area (TPSA) is 0 Å². The lowest BCUT2D eigenvalue weighted by molar-refractivity contribution is 0.0927. The first kappa shape index (κ1) is 13.9. The van der Waals surface area contributed by atoms with Gasteiger partial charge in [0.05, 0.1) is 0 Å². The Labute approximate surface area is 114 Å². The second kappa shape index (κ2) is 4.54. The van der Waals surface area contributed by atoms with Crippen LogP contribution in [0, 0.1) is 28.6 Å². The molecule has 102 valence electrons. The highest BCUT2D eigenvalue weighted by Crippen LogP contribution is 2.51. The van der Waals surface area contributed by atoms with E-state index in [0.29, 0.717) is 10.8 Å². The van der Waals surface area contributed by atoms with Crippen molar-refractivity contribution in [2.45, 2.75) is 60.8 Å². The molecule has 3 unspecified atom stereocenters. The predicted octanol–water partition coefficient (Wildman–Crippen LogP) is 5.61. The summed E-state index contributed by atoms with van der Waals surface area (Å²) in [6, 6.07) is 0. The van der Waals surface area contributed by atoms with Crippen molar-refractivity contribution in [1.29, 1.82) is 0 Å². The van der Waals surface area contributed by atoms with Crippen molar-refractivity contribution < 1.29 is 0 Å². The molecule has 0 saturated heterocycles. The summed E-state index contributed by atoms with van der Waals surface area (Å²) in [6.07, 6.45) is 11.4. The molecule has 18 heavy (non-hydrogen) atoms. The van der Waals surface area contributed by atoms with Crippen LogP contribution in [0.4, 0.5) is 0 Å². The fraction of sp³-hybridized carbons (Fsp3) is 0.778. The van der Waals surface area contributed by atoms with Crippen molar-refractivity contribution in [3.05, 3.63) is 23.8 Å². The Hall–Kier alpha value is -0.520. The molecule has 0 fully saturated rings. The normalized spacial score (nSPS) is 38.3. The highest BCUT2D eigenvalue weighted by atomic mass is 14.5. The first-order chi connectivity index (χ1) is 8.23. The van der Waals surface area contributed by atoms with Crippen molar-refractivity contribution in [2.75, 3.05) is 0 Å². The Kier molecular flexibility index (Phi) is 3.51. The smallest absolute Gasteiger partial charge is 0.0166 e. The molecule has 3 atom stereocenters. The van der Waals surface area contributed by atoms with E-state index in [0.717, 1.165) is 17.8 Å². The minimum absolute atomic E-state index is 0.415. The molecule has 0 bridgehead atoms. The highest BCUT2D eigenvalue weighted by molar-refractivity contribution is 5.18. The summed E-state index contributed by atoms with van der Waals surface area (Å²) in [7, 11) is 0. The van der Waals surface area contributed by atoms with Gasteiger partial charge in [-0.1, -0.05) is 58.4 Å². The number of hydrogen-bond acceptors (Lipinski definition) is 0. The largest absolute Gasteiger partial charge is 0.0877 e. The molecule has 0 saturated carbocycles. The summed E-state index contributed by atoms with van der Waals surface area (Å²) in [6.45, 7) is 14.5. The summed E-state index contributed by atoms with van der Waals surface area (Å²) >= 11 is 0. The molecule has 0 aromatic heterocycles. The van der Waals surface area contributed by atoms with E-state index in [2.05, 4.69) is 59.8 Å². The van der Waals surface area contributed by atoms with E-state index < -0.39 is 0 Å². The van der Waals surface area contributed by atoms with Crippen LogP contribution < -0.4 is 0 Å². The second-order valence-electron chi connectivity index (χ2n) is 8.03. The fourth-order valence-corrected chi connectivity index (χ4v) is 4.48. The van der Waals surface area contributed by atoms with Crippen LogP contribution in [-0.2, 0) is 0 Å². The molecule has 0 aliphatic heterocycles. The van der Waals surface area contributed by atoms with Gasteiger partial charge in [0.2, 0.25) is 0 Å². The molecular formula is C18H30. The van der Waals surface area contributed by atoms with Gasteiger partial charge >= 0.3 is 0 Å². The molecule has 0 heterocycles. The maximum atomic E-state index is 2.54. The molecule has 0 amide bonds. The summed E-state index contributed by atoms with van der Waals surface area (Å²) in [4.78, 5) is 0. The predicted molar refractivity (Wildman–Crippen MR) is 80.5 cm³/mol. The Morgan fingerprint density at radius 3 is 2.39 bits per heavy atom. The van der Waals surface area contributed by atoms with Crippen LogP contribution in [0.2, 0.25) is 0 Å². The molecule has 0 aromatic rings. The van der Waals surface area contributed by atoms with E-state index >= 15 is 0 Å². The Morgan fingerprint density at radius 1 is 1.17 bits per heavy atom. The maximum Gasteiger partial charge on any atom is -0.0166 e. The van der Waals surface area contributed by atoms with E-state index in [1.165, 1.54) is 19.3 Å². The SMILES string of the molecule is CC1=CC(C)(C)CCC1C1C(C)C=CCC1(C)C. The van der Waals surface area contributed by atoms with Gasteiger partial charge in [0, 0.05) is 0 Å². The Bertz CT molecular complexity index is 367. The lowest BCUT2D eigenvalue weighted by atomic mass is 9.57. The summed E-state index contributed by atoms with van der Waals surface area (Å²) in [5.41, 5.74) is 2.51. The average molecular weight is 246 g/mol. The van der Waals surface area contributed by atoms with Crippen molar-refractivity contribution >= 4 is 0 Å². The molecule has 2 aliphatic carbocycles. The summed E-state index contributed by atoms with van der Waals surface area (Å²) in [5.74, 6) is 2.34. The fourth-order valence-electron chi connectivity index (χ4n) is 4.48. The molecule has 0 heteroatoms. The lowest BCUT2D eigenvalue weighted by Gasteiger charge is -2.47. The van der Waals surface area contributed by atoms with Gasteiger partial charge in [-0.15, -0.1) is 0 Å². The van der Waals surface area contributed by atoms with Crippen LogP contribution in [0.15, 0.2) is 23.8 Å². The standard InChI is InChI=1S/C18H30/c1-13-8-7-10-18(5,6)16(13)15-9-11-17(3,4)12-14(15)2/h7-8,12-13,15-16H,9-11H2,1-6H3. The minimum atomic E-state index is 0.415. The quantitative estimate of drug-likeness (QED) is 0.528. The van der Waals surface area contributed by atoms with E-state index in [9.17, 15) is 0 Å². The summed E-state index contributed by atoms with van der Waals surface area (Å²) < 4.78 is 0. The molecular weight excluding hydrogens is 216 g/mol. The zero-order chi connectivity index (χ0) is 13.6. The average Bonchev–Trinajstić information content (AvgIpc) is 2.19. The molecule has 2 rings (SSSR count). The first-order valence-electron chi connectivity index (χ1n) is 7.59. The van der Waals surface area contributed by atoms with Crippen LogP contribution in [-0.4, -0.2) is 0 Å². The van der Waals surface area contributed by atoms with E-state index in [1.54, 1.807) is 5.57 Å². The van der Waals surface area contributed by atoms with E-state index in [1.807, 2.05) is 0 Å². The van der Waals surface area contributed by atoms with Gasteiger partial charge in [-0.25, -0.2) is 0 Å². The highest BCUT2D eigenvalue weighted by Gasteiger charge is 2.41. The molecule has 2 aliphatic rings. The van der Waals surface area contributed by atoms with Gasteiger partial charge in [0.25, 0.3) is 0 Å². The zero-order valence-corrected chi connectivity index (χ0v) is 13.1. The Balaban J connectivity index is 2.29. The molecule has 0 aromatic carbocycles. The third-order valence-corrected chi connectivity index (χ3v) is 5.29. The molecule has 0 radical (unpaired) electrons. The van der Waals surface area contributed by atoms with Crippen molar-refractivity contribution in [1.82, 2.24) is 0 Å². The van der Waals surface area contributed by atoms with Gasteiger partial charge in [0.1, 0.15) is 0 Å².